The van der Waals surface area contributed by atoms with Crippen molar-refractivity contribution in [2.75, 3.05) is 5.32 Å². The molecule has 0 spiro atoms. The summed E-state index contributed by atoms with van der Waals surface area (Å²) in [5, 5.41) is 2.59. The van der Waals surface area contributed by atoms with Crippen LogP contribution in [-0.4, -0.2) is 37.1 Å². The van der Waals surface area contributed by atoms with Gasteiger partial charge in [-0.1, -0.05) is 34.3 Å². The molecule has 2 aromatic heterocycles. The quantitative estimate of drug-likeness (QED) is 0.847. The maximum atomic E-state index is 12.7. The molecule has 2 N–H and O–H groups in total. The lowest BCUT2D eigenvalue weighted by Gasteiger charge is -2.32. The number of carbonyl (C=O) groups excluding carboxylic acids is 1. The molecule has 9 nitrogen and oxygen atoms in total. The third-order valence-corrected chi connectivity index (χ3v) is 5.60. The van der Waals surface area contributed by atoms with Gasteiger partial charge in [0.1, 0.15) is 23.8 Å². The fraction of sp³-hybridized carbons (Fsp3) is 0.556. The predicted molar refractivity (Wildman–Crippen MR) is 97.9 cm³/mol. The Morgan fingerprint density at radius 2 is 2.26 bits per heavy atom. The highest BCUT2D eigenvalue weighted by Gasteiger charge is 2.62. The Morgan fingerprint density at radius 1 is 1.52 bits per heavy atom. The van der Waals surface area contributed by atoms with Crippen molar-refractivity contribution in [3.63, 3.8) is 0 Å². The normalized spacial score (nSPS) is 29.5. The summed E-state index contributed by atoms with van der Waals surface area (Å²) in [6.45, 7) is 11.6. The van der Waals surface area contributed by atoms with Crippen LogP contribution in [0.15, 0.2) is 23.5 Å². The van der Waals surface area contributed by atoms with Crippen LogP contribution >= 0.6 is 0 Å². The molecule has 4 rings (SSSR count). The van der Waals surface area contributed by atoms with E-state index >= 15 is 0 Å². The van der Waals surface area contributed by atoms with Gasteiger partial charge < -0.3 is 9.47 Å². The Kier molecular flexibility index (Phi) is 3.88. The molecular weight excluding hydrogens is 350 g/mol. The number of hydrogen-bond donors (Lipinski definition) is 2. The lowest BCUT2D eigenvalue weighted by Crippen LogP contribution is -2.34. The minimum atomic E-state index is -0.558. The van der Waals surface area contributed by atoms with E-state index in [4.69, 9.17) is 9.47 Å². The van der Waals surface area contributed by atoms with Gasteiger partial charge in [0.05, 0.1) is 0 Å². The van der Waals surface area contributed by atoms with E-state index in [9.17, 15) is 9.59 Å². The van der Waals surface area contributed by atoms with E-state index in [1.165, 1.54) is 6.33 Å². The first-order chi connectivity index (χ1) is 12.8. The van der Waals surface area contributed by atoms with Gasteiger partial charge in [-0.3, -0.25) is 24.5 Å². The number of fused-ring (bicyclic) bond motifs is 3. The van der Waals surface area contributed by atoms with Crippen molar-refractivity contribution in [3.8, 4) is 0 Å². The number of ether oxygens (including phenoxy) is 2. The molecule has 2 bridgehead atoms. The second-order valence-corrected chi connectivity index (χ2v) is 7.43. The summed E-state index contributed by atoms with van der Waals surface area (Å²) in [6, 6.07) is 0. The minimum absolute atomic E-state index is 0.0772. The van der Waals surface area contributed by atoms with Gasteiger partial charge in [-0.15, -0.1) is 0 Å². The van der Waals surface area contributed by atoms with Crippen LogP contribution < -0.4 is 10.9 Å². The molecule has 2 fully saturated rings. The van der Waals surface area contributed by atoms with Gasteiger partial charge in [-0.25, -0.2) is 4.98 Å². The number of imidazole rings is 1. The Bertz CT molecular complexity index is 993. The Balaban J connectivity index is 1.72. The van der Waals surface area contributed by atoms with E-state index in [1.807, 2.05) is 6.92 Å². The minimum Gasteiger partial charge on any atom is -0.487 e. The third-order valence-electron chi connectivity index (χ3n) is 5.60. The highest BCUT2D eigenvalue weighted by atomic mass is 16.6. The van der Waals surface area contributed by atoms with Crippen molar-refractivity contribution in [3.05, 3.63) is 29.0 Å². The summed E-state index contributed by atoms with van der Waals surface area (Å²) in [5.74, 6) is 0.346. The Hall–Kier alpha value is -2.68. The zero-order valence-electron chi connectivity index (χ0n) is 15.8. The molecule has 4 atom stereocenters. The van der Waals surface area contributed by atoms with Crippen molar-refractivity contribution >= 4 is 23.0 Å². The van der Waals surface area contributed by atoms with Crippen molar-refractivity contribution in [2.24, 2.45) is 11.8 Å². The largest absolute Gasteiger partial charge is 0.487 e. The summed E-state index contributed by atoms with van der Waals surface area (Å²) in [7, 11) is 0. The lowest BCUT2D eigenvalue weighted by molar-refractivity contribution is -0.136. The van der Waals surface area contributed by atoms with Crippen LogP contribution in [-0.2, 0) is 14.3 Å². The number of amides is 1. The third kappa shape index (κ3) is 2.41. The molecule has 2 aromatic rings. The molecule has 9 heteroatoms. The molecule has 1 unspecified atom stereocenters. The number of hydrogen-bond acceptors (Lipinski definition) is 6. The predicted octanol–water partition coefficient (Wildman–Crippen LogP) is 1.94. The van der Waals surface area contributed by atoms with Crippen molar-refractivity contribution in [2.45, 2.75) is 52.0 Å². The molecule has 0 saturated carbocycles. The Labute approximate surface area is 155 Å². The second kappa shape index (κ2) is 5.91. The number of rotatable bonds is 4. The number of nitrogens with zero attached hydrogens (tertiary/aromatic N) is 3. The molecule has 0 radical (unpaired) electrons. The molecule has 27 heavy (non-hydrogen) atoms. The van der Waals surface area contributed by atoms with Gasteiger partial charge in [0, 0.05) is 11.8 Å². The summed E-state index contributed by atoms with van der Waals surface area (Å²) < 4.78 is 13.9. The van der Waals surface area contributed by atoms with Crippen LogP contribution in [0.5, 0.6) is 0 Å². The van der Waals surface area contributed by atoms with Crippen LogP contribution in [0.2, 0.25) is 0 Å². The van der Waals surface area contributed by atoms with E-state index in [-0.39, 0.29) is 41.0 Å². The fourth-order valence-electron chi connectivity index (χ4n) is 3.93. The van der Waals surface area contributed by atoms with Crippen molar-refractivity contribution in [1.82, 2.24) is 19.5 Å². The average molecular weight is 373 g/mol. The zero-order valence-corrected chi connectivity index (χ0v) is 15.8. The van der Waals surface area contributed by atoms with Crippen LogP contribution in [0.4, 0.5) is 5.95 Å². The monoisotopic (exact) mass is 373 g/mol. The molecule has 0 aromatic carbocycles. The molecule has 1 amide bonds. The smallest absolute Gasteiger partial charge is 0.278 e. The maximum Gasteiger partial charge on any atom is 0.278 e. The van der Waals surface area contributed by atoms with Gasteiger partial charge in [-0.05, 0) is 6.42 Å². The molecular formula is C18H23N5O4. The van der Waals surface area contributed by atoms with Gasteiger partial charge in [-0.2, -0.15) is 4.98 Å². The fourth-order valence-corrected chi connectivity index (χ4v) is 3.93. The van der Waals surface area contributed by atoms with Gasteiger partial charge in [0.2, 0.25) is 11.9 Å². The number of aromatic amines is 1. The van der Waals surface area contributed by atoms with Crippen LogP contribution in [0, 0.1) is 11.8 Å². The standard InChI is InChI=1S/C18H23N5O4/c1-6-18-9(4)12(26-10(18)5)16(27-18)23-7-19-13-11(23)15(25)22-17(20-13)21-14(24)8(2)3/h7-9,12,16H,5-6H2,1-4H3,(H2,20,21,22,24,25)/t9?,12-,16+,18+/m0/s1. The molecule has 2 aliphatic heterocycles. The van der Waals surface area contributed by atoms with Crippen LogP contribution in [0.1, 0.15) is 40.3 Å². The molecule has 144 valence electrons. The summed E-state index contributed by atoms with van der Waals surface area (Å²) in [6.07, 6.45) is 1.50. The van der Waals surface area contributed by atoms with Gasteiger partial charge in [0.25, 0.3) is 5.56 Å². The number of aromatic nitrogens is 4. The molecule has 2 saturated heterocycles. The van der Waals surface area contributed by atoms with E-state index in [2.05, 4.69) is 33.8 Å². The maximum absolute atomic E-state index is 12.7. The highest BCUT2D eigenvalue weighted by molar-refractivity contribution is 5.91. The second-order valence-electron chi connectivity index (χ2n) is 7.43. The number of nitrogens with one attached hydrogen (secondary N) is 2. The summed E-state index contributed by atoms with van der Waals surface area (Å²) in [5.41, 5.74) is -0.443. The molecule has 0 aliphatic carbocycles. The topological polar surface area (TPSA) is 111 Å². The first kappa shape index (κ1) is 17.7. The molecule has 2 aliphatic rings. The summed E-state index contributed by atoms with van der Waals surface area (Å²) >= 11 is 0. The Morgan fingerprint density at radius 3 is 2.89 bits per heavy atom. The van der Waals surface area contributed by atoms with Gasteiger partial charge in [0.15, 0.2) is 17.4 Å². The SMILES string of the molecule is C=C1O[C@H]2C(C)[C@@]1(CC)O[C@H]2n1cnc2nc(NC(=O)C(C)C)[nH]c(=O)c21. The van der Waals surface area contributed by atoms with Crippen molar-refractivity contribution in [1.29, 1.82) is 0 Å². The lowest BCUT2D eigenvalue weighted by atomic mass is 9.86. The van der Waals surface area contributed by atoms with Gasteiger partial charge >= 0.3 is 0 Å². The number of anilines is 1. The first-order valence-electron chi connectivity index (χ1n) is 9.10. The van der Waals surface area contributed by atoms with Crippen molar-refractivity contribution < 1.29 is 14.3 Å². The van der Waals surface area contributed by atoms with Crippen LogP contribution in [0.25, 0.3) is 11.2 Å². The first-order valence-corrected chi connectivity index (χ1v) is 9.10. The van der Waals surface area contributed by atoms with E-state index in [0.717, 1.165) is 6.42 Å². The average Bonchev–Trinajstić information content (AvgIpc) is 3.23. The molecule has 4 heterocycles. The zero-order chi connectivity index (χ0) is 19.5. The number of carbonyl (C=O) groups is 1. The highest BCUT2D eigenvalue weighted by Crippen LogP contribution is 2.55. The number of H-pyrrole nitrogens is 1. The summed E-state index contributed by atoms with van der Waals surface area (Å²) in [4.78, 5) is 35.6. The van der Waals surface area contributed by atoms with E-state index in [1.54, 1.807) is 18.4 Å². The van der Waals surface area contributed by atoms with E-state index < -0.39 is 17.4 Å². The van der Waals surface area contributed by atoms with Crippen LogP contribution in [0.3, 0.4) is 0 Å². The van der Waals surface area contributed by atoms with E-state index in [0.29, 0.717) is 5.76 Å².